The second-order valence-electron chi connectivity index (χ2n) is 4.30. The van der Waals surface area contributed by atoms with Gasteiger partial charge in [0.15, 0.2) is 0 Å². The monoisotopic (exact) mass is 335 g/mol. The molecule has 3 N–H and O–H groups in total. The molecule has 1 amide bonds. The molecule has 1 aromatic carbocycles. The van der Waals surface area contributed by atoms with E-state index < -0.39 is 10.0 Å². The summed E-state index contributed by atoms with van der Waals surface area (Å²) in [6.07, 6.45) is 0. The van der Waals surface area contributed by atoms with Crippen LogP contribution < -0.4 is 11.1 Å². The van der Waals surface area contributed by atoms with E-state index in [4.69, 9.17) is 10.5 Å². The molecule has 1 aliphatic heterocycles. The van der Waals surface area contributed by atoms with E-state index in [9.17, 15) is 13.2 Å². The number of amides is 1. The largest absolute Gasteiger partial charge is 0.379 e. The molecule has 1 aliphatic rings. The lowest BCUT2D eigenvalue weighted by Gasteiger charge is -2.26. The Morgan fingerprint density at radius 1 is 1.33 bits per heavy atom. The molecule has 1 fully saturated rings. The SMILES string of the molecule is Cl.NCC(=O)Nc1cccc(S(=O)(=O)N2CCOCC2)c1. The molecule has 7 nitrogen and oxygen atoms in total. The predicted molar refractivity (Wildman–Crippen MR) is 81.0 cm³/mol. The van der Waals surface area contributed by atoms with Crippen molar-refractivity contribution in [3.8, 4) is 0 Å². The third kappa shape index (κ3) is 4.39. The van der Waals surface area contributed by atoms with Crippen molar-refractivity contribution in [1.29, 1.82) is 0 Å². The molecule has 0 spiro atoms. The standard InChI is InChI=1S/C12H17N3O4S.ClH/c13-9-12(16)14-10-2-1-3-11(8-10)20(17,18)15-4-6-19-7-5-15;/h1-3,8H,4-7,9,13H2,(H,14,16);1H. The van der Waals surface area contributed by atoms with Crippen LogP contribution in [-0.2, 0) is 19.6 Å². The van der Waals surface area contributed by atoms with E-state index in [1.54, 1.807) is 12.1 Å². The lowest BCUT2D eigenvalue weighted by atomic mass is 10.3. The molecular formula is C12H18ClN3O4S. The fourth-order valence-corrected chi connectivity index (χ4v) is 3.34. The summed E-state index contributed by atoms with van der Waals surface area (Å²) in [6, 6.07) is 6.13. The van der Waals surface area contributed by atoms with Gasteiger partial charge in [0.05, 0.1) is 24.7 Å². The highest BCUT2D eigenvalue weighted by Gasteiger charge is 2.26. The first-order valence-electron chi connectivity index (χ1n) is 6.22. The summed E-state index contributed by atoms with van der Waals surface area (Å²) >= 11 is 0. The first-order valence-corrected chi connectivity index (χ1v) is 7.66. The summed E-state index contributed by atoms with van der Waals surface area (Å²) in [6.45, 7) is 1.30. The van der Waals surface area contributed by atoms with Gasteiger partial charge in [-0.15, -0.1) is 12.4 Å². The number of benzene rings is 1. The Morgan fingerprint density at radius 3 is 2.62 bits per heavy atom. The Balaban J connectivity index is 0.00000220. The Kier molecular flexibility index (Phi) is 6.56. The number of ether oxygens (including phenoxy) is 1. The van der Waals surface area contributed by atoms with E-state index in [2.05, 4.69) is 5.32 Å². The molecule has 9 heteroatoms. The molecule has 0 unspecified atom stereocenters. The molecule has 2 rings (SSSR count). The van der Waals surface area contributed by atoms with Crippen molar-refractivity contribution in [1.82, 2.24) is 4.31 Å². The van der Waals surface area contributed by atoms with Gasteiger partial charge < -0.3 is 15.8 Å². The number of nitrogens with one attached hydrogen (secondary N) is 1. The van der Waals surface area contributed by atoms with Crippen LogP contribution in [0, 0.1) is 0 Å². The highest BCUT2D eigenvalue weighted by Crippen LogP contribution is 2.20. The van der Waals surface area contributed by atoms with Crippen molar-refractivity contribution >= 4 is 34.0 Å². The molecule has 118 valence electrons. The summed E-state index contributed by atoms with van der Waals surface area (Å²) in [5.41, 5.74) is 5.62. The maximum absolute atomic E-state index is 12.4. The van der Waals surface area contributed by atoms with Crippen LogP contribution in [0.25, 0.3) is 0 Å². The number of halogens is 1. The first-order chi connectivity index (χ1) is 9.54. The van der Waals surface area contributed by atoms with Crippen LogP contribution >= 0.6 is 12.4 Å². The predicted octanol–water partition coefficient (Wildman–Crippen LogP) is 0.0265. The smallest absolute Gasteiger partial charge is 0.243 e. The van der Waals surface area contributed by atoms with E-state index in [1.807, 2.05) is 0 Å². The van der Waals surface area contributed by atoms with Crippen LogP contribution in [0.1, 0.15) is 0 Å². The average Bonchev–Trinajstić information content (AvgIpc) is 2.48. The first kappa shape index (κ1) is 17.9. The van der Waals surface area contributed by atoms with Crippen molar-refractivity contribution in [2.45, 2.75) is 4.90 Å². The zero-order chi connectivity index (χ0) is 14.6. The number of anilines is 1. The number of hydrogen-bond acceptors (Lipinski definition) is 5. The van der Waals surface area contributed by atoms with Gasteiger partial charge in [-0.05, 0) is 18.2 Å². The minimum atomic E-state index is -3.56. The minimum absolute atomic E-state index is 0. The average molecular weight is 336 g/mol. The number of carbonyl (C=O) groups excluding carboxylic acids is 1. The van der Waals surface area contributed by atoms with Gasteiger partial charge in [-0.1, -0.05) is 6.07 Å². The number of nitrogens with two attached hydrogens (primary N) is 1. The normalized spacial score (nSPS) is 16.0. The van der Waals surface area contributed by atoms with Crippen LogP contribution in [0.2, 0.25) is 0 Å². The Hall–Kier alpha value is -1.19. The van der Waals surface area contributed by atoms with Crippen LogP contribution in [-0.4, -0.2) is 51.5 Å². The molecule has 21 heavy (non-hydrogen) atoms. The highest BCUT2D eigenvalue weighted by atomic mass is 35.5. The van der Waals surface area contributed by atoms with E-state index in [1.165, 1.54) is 16.4 Å². The number of sulfonamides is 1. The van der Waals surface area contributed by atoms with Gasteiger partial charge in [0.25, 0.3) is 0 Å². The van der Waals surface area contributed by atoms with E-state index in [-0.39, 0.29) is 29.8 Å². The summed E-state index contributed by atoms with van der Waals surface area (Å²) in [4.78, 5) is 11.4. The summed E-state index contributed by atoms with van der Waals surface area (Å²) in [5, 5.41) is 2.54. The third-order valence-corrected chi connectivity index (χ3v) is 4.81. The number of morpholine rings is 1. The Morgan fingerprint density at radius 2 is 2.00 bits per heavy atom. The molecule has 1 saturated heterocycles. The molecule has 0 radical (unpaired) electrons. The number of nitrogens with zero attached hydrogens (tertiary/aromatic N) is 1. The molecule has 0 atom stereocenters. The topological polar surface area (TPSA) is 102 Å². The van der Waals surface area contributed by atoms with E-state index >= 15 is 0 Å². The van der Waals surface area contributed by atoms with Crippen molar-refractivity contribution in [3.63, 3.8) is 0 Å². The number of hydrogen-bond donors (Lipinski definition) is 2. The number of carbonyl (C=O) groups is 1. The van der Waals surface area contributed by atoms with Crippen LogP contribution in [0.3, 0.4) is 0 Å². The van der Waals surface area contributed by atoms with Crippen LogP contribution in [0.4, 0.5) is 5.69 Å². The zero-order valence-electron chi connectivity index (χ0n) is 11.3. The molecule has 0 saturated carbocycles. The molecule has 0 bridgehead atoms. The second-order valence-corrected chi connectivity index (χ2v) is 6.23. The highest BCUT2D eigenvalue weighted by molar-refractivity contribution is 7.89. The van der Waals surface area contributed by atoms with Crippen molar-refractivity contribution in [2.24, 2.45) is 5.73 Å². The molecule has 0 aliphatic carbocycles. The zero-order valence-corrected chi connectivity index (χ0v) is 13.0. The Bertz CT molecular complexity index is 588. The van der Waals surface area contributed by atoms with Gasteiger partial charge in [-0.3, -0.25) is 4.79 Å². The van der Waals surface area contributed by atoms with Gasteiger partial charge >= 0.3 is 0 Å². The van der Waals surface area contributed by atoms with Crippen molar-refractivity contribution in [2.75, 3.05) is 38.2 Å². The summed E-state index contributed by atoms with van der Waals surface area (Å²) in [5.74, 6) is -0.370. The number of rotatable bonds is 4. The maximum Gasteiger partial charge on any atom is 0.243 e. The lowest BCUT2D eigenvalue weighted by molar-refractivity contribution is -0.114. The van der Waals surface area contributed by atoms with Gasteiger partial charge in [0.2, 0.25) is 15.9 Å². The Labute approximate surface area is 129 Å². The molecule has 0 aromatic heterocycles. The quantitative estimate of drug-likeness (QED) is 0.808. The summed E-state index contributed by atoms with van der Waals surface area (Å²) < 4.78 is 31.4. The van der Waals surface area contributed by atoms with Gasteiger partial charge in [-0.25, -0.2) is 8.42 Å². The van der Waals surface area contributed by atoms with E-state index in [0.717, 1.165) is 0 Å². The fourth-order valence-electron chi connectivity index (χ4n) is 1.88. The fraction of sp³-hybridized carbons (Fsp3) is 0.417. The minimum Gasteiger partial charge on any atom is -0.379 e. The maximum atomic E-state index is 12.4. The van der Waals surface area contributed by atoms with Crippen molar-refractivity contribution < 1.29 is 17.9 Å². The molecule has 1 heterocycles. The van der Waals surface area contributed by atoms with Gasteiger partial charge in [0.1, 0.15) is 0 Å². The van der Waals surface area contributed by atoms with Crippen molar-refractivity contribution in [3.05, 3.63) is 24.3 Å². The molecule has 1 aromatic rings. The van der Waals surface area contributed by atoms with Gasteiger partial charge in [0, 0.05) is 18.8 Å². The van der Waals surface area contributed by atoms with Crippen LogP contribution in [0.15, 0.2) is 29.2 Å². The lowest BCUT2D eigenvalue weighted by Crippen LogP contribution is -2.40. The third-order valence-electron chi connectivity index (χ3n) is 2.91. The molecular weight excluding hydrogens is 318 g/mol. The van der Waals surface area contributed by atoms with E-state index in [0.29, 0.717) is 32.0 Å². The van der Waals surface area contributed by atoms with Crippen LogP contribution in [0.5, 0.6) is 0 Å². The van der Waals surface area contributed by atoms with Gasteiger partial charge in [-0.2, -0.15) is 4.31 Å². The second kappa shape index (κ2) is 7.71. The summed E-state index contributed by atoms with van der Waals surface area (Å²) in [7, 11) is -3.56.